The highest BCUT2D eigenvalue weighted by atomic mass is 32.3. The molecule has 0 aromatic carbocycles. The molecule has 0 bridgehead atoms. The van der Waals surface area contributed by atoms with Crippen LogP contribution in [0.4, 0.5) is 0 Å². The Morgan fingerprint density at radius 3 is 2.41 bits per heavy atom. The number of aliphatic hydroxyl groups excluding tert-OH is 1. The van der Waals surface area contributed by atoms with Gasteiger partial charge in [-0.25, -0.2) is 8.42 Å². The van der Waals surface area contributed by atoms with E-state index in [1.54, 1.807) is 0 Å². The zero-order valence-corrected chi connectivity index (χ0v) is 20.3. The first-order valence-electron chi connectivity index (χ1n) is 12.4. The van der Waals surface area contributed by atoms with Gasteiger partial charge in [0.15, 0.2) is 0 Å². The van der Waals surface area contributed by atoms with Gasteiger partial charge in [-0.1, -0.05) is 20.8 Å². The predicted molar refractivity (Wildman–Crippen MR) is 115 cm³/mol. The molecule has 0 unspecified atom stereocenters. The standard InChI is InChI=1S/C24H40O7S/c1-14(4-7-21(26)27)17-5-6-18-22-19(9-11-24(17,18)3)23(2)10-8-16(31-32(28,29)30)12-15(23)13-20(22)25/h14-20,22,25H,4-13H2,1-3H3,(H,26,27)(H,28,29,30)/p-2/t14-,15+,16-,17-,18+,19+,20-,22+,23+,24-/m1/s1. The molecule has 4 fully saturated rings. The molecule has 0 aliphatic heterocycles. The van der Waals surface area contributed by atoms with Crippen LogP contribution >= 0.6 is 0 Å². The maximum Gasteiger partial charge on any atom is 0.217 e. The quantitative estimate of drug-likeness (QED) is 0.467. The van der Waals surface area contributed by atoms with E-state index in [2.05, 4.69) is 20.8 Å². The molecule has 8 heteroatoms. The number of aliphatic hydroxyl groups is 1. The van der Waals surface area contributed by atoms with Gasteiger partial charge in [0.25, 0.3) is 0 Å². The second-order valence-corrected chi connectivity index (χ2v) is 12.8. The number of rotatable bonds is 6. The lowest BCUT2D eigenvalue weighted by Crippen LogP contribution is -2.58. The molecule has 0 aromatic heterocycles. The molecule has 4 rings (SSSR count). The van der Waals surface area contributed by atoms with Crippen molar-refractivity contribution in [2.75, 3.05) is 0 Å². The van der Waals surface area contributed by atoms with Gasteiger partial charge in [-0.15, -0.1) is 0 Å². The van der Waals surface area contributed by atoms with Crippen molar-refractivity contribution in [1.82, 2.24) is 0 Å². The van der Waals surface area contributed by atoms with E-state index in [9.17, 15) is 28.0 Å². The molecule has 0 heterocycles. The molecule has 0 spiro atoms. The molecule has 7 nitrogen and oxygen atoms in total. The van der Waals surface area contributed by atoms with E-state index >= 15 is 0 Å². The summed E-state index contributed by atoms with van der Waals surface area (Å²) in [6, 6.07) is 0. The van der Waals surface area contributed by atoms with Crippen LogP contribution in [0.15, 0.2) is 0 Å². The van der Waals surface area contributed by atoms with Crippen LogP contribution in [0.2, 0.25) is 0 Å². The fraction of sp³-hybridized carbons (Fsp3) is 0.958. The van der Waals surface area contributed by atoms with E-state index in [-0.39, 0.29) is 29.1 Å². The summed E-state index contributed by atoms with van der Waals surface area (Å²) in [5, 5.41) is 22.3. The average molecular weight is 471 g/mol. The van der Waals surface area contributed by atoms with Crippen molar-refractivity contribution < 1.29 is 32.2 Å². The number of carbonyl (C=O) groups is 1. The molecule has 184 valence electrons. The number of fused-ring (bicyclic) bond motifs is 5. The third-order valence-electron chi connectivity index (χ3n) is 10.5. The van der Waals surface area contributed by atoms with Gasteiger partial charge >= 0.3 is 0 Å². The Bertz CT molecular complexity index is 828. The summed E-state index contributed by atoms with van der Waals surface area (Å²) >= 11 is 0. The van der Waals surface area contributed by atoms with E-state index < -0.39 is 28.6 Å². The lowest BCUT2D eigenvalue weighted by molar-refractivity contribution is -0.306. The lowest BCUT2D eigenvalue weighted by atomic mass is 9.43. The smallest absolute Gasteiger partial charge is 0.217 e. The average Bonchev–Trinajstić information content (AvgIpc) is 3.03. The molecular weight excluding hydrogens is 432 g/mol. The van der Waals surface area contributed by atoms with E-state index in [0.717, 1.165) is 32.1 Å². The Morgan fingerprint density at radius 2 is 1.75 bits per heavy atom. The zero-order valence-electron chi connectivity index (χ0n) is 19.5. The maximum absolute atomic E-state index is 11.3. The van der Waals surface area contributed by atoms with Crippen molar-refractivity contribution in [3.8, 4) is 0 Å². The summed E-state index contributed by atoms with van der Waals surface area (Å²) in [6.45, 7) is 6.85. The summed E-state index contributed by atoms with van der Waals surface area (Å²) in [4.78, 5) is 11.0. The van der Waals surface area contributed by atoms with E-state index in [0.29, 0.717) is 49.4 Å². The number of carbonyl (C=O) groups excluding carboxylic acids is 1. The van der Waals surface area contributed by atoms with E-state index in [1.807, 2.05) is 0 Å². The first-order chi connectivity index (χ1) is 14.8. The van der Waals surface area contributed by atoms with Crippen molar-refractivity contribution in [1.29, 1.82) is 0 Å². The molecule has 4 saturated carbocycles. The number of aliphatic carboxylic acids is 1. The Hall–Kier alpha value is -0.700. The Labute approximate surface area is 192 Å². The van der Waals surface area contributed by atoms with Crippen LogP contribution in [0.5, 0.6) is 0 Å². The van der Waals surface area contributed by atoms with Crippen molar-refractivity contribution >= 4 is 16.4 Å². The van der Waals surface area contributed by atoms with Gasteiger partial charge in [-0.2, -0.15) is 0 Å². The van der Waals surface area contributed by atoms with Crippen molar-refractivity contribution in [2.24, 2.45) is 46.3 Å². The lowest BCUT2D eigenvalue weighted by Gasteiger charge is -2.62. The SMILES string of the molecule is C[C@H](CCC(=O)[O-])[C@H]1CC[C@H]2[C@@H]3[C@H](O)C[C@@H]4C[C@H](OS(=O)(=O)[O-])CC[C@]4(C)[C@H]3CC[C@]12C. The maximum atomic E-state index is 11.3. The minimum absolute atomic E-state index is 0.0242. The molecule has 0 radical (unpaired) electrons. The normalized spacial score (nSPS) is 47.2. The molecule has 4 aliphatic carbocycles. The number of hydrogen-bond donors (Lipinski definition) is 1. The summed E-state index contributed by atoms with van der Waals surface area (Å²) in [5.74, 6) is 1.02. The van der Waals surface area contributed by atoms with E-state index in [1.165, 1.54) is 0 Å². The molecular formula is C24H38O7S-2. The fourth-order valence-corrected chi connectivity index (χ4v) is 9.47. The van der Waals surface area contributed by atoms with Crippen LogP contribution in [-0.2, 0) is 19.4 Å². The van der Waals surface area contributed by atoms with Gasteiger partial charge in [-0.05, 0) is 111 Å². The highest BCUT2D eigenvalue weighted by Crippen LogP contribution is 2.68. The molecule has 0 amide bonds. The number of carboxylic acids is 1. The number of hydrogen-bond acceptors (Lipinski definition) is 7. The highest BCUT2D eigenvalue weighted by molar-refractivity contribution is 7.80. The van der Waals surface area contributed by atoms with Gasteiger partial charge in [0.2, 0.25) is 10.4 Å². The van der Waals surface area contributed by atoms with E-state index in [4.69, 9.17) is 4.18 Å². The van der Waals surface area contributed by atoms with Crippen LogP contribution in [0.1, 0.15) is 85.0 Å². The van der Waals surface area contributed by atoms with Crippen molar-refractivity contribution in [2.45, 2.75) is 97.2 Å². The largest absolute Gasteiger partial charge is 0.726 e. The van der Waals surface area contributed by atoms with Gasteiger partial charge in [0.05, 0.1) is 12.2 Å². The van der Waals surface area contributed by atoms with Gasteiger partial charge in [-0.3, -0.25) is 4.18 Å². The molecule has 0 saturated heterocycles. The van der Waals surface area contributed by atoms with Crippen LogP contribution in [0.25, 0.3) is 0 Å². The fourth-order valence-electron chi connectivity index (χ4n) is 8.96. The second kappa shape index (κ2) is 8.51. The predicted octanol–water partition coefficient (Wildman–Crippen LogP) is 2.63. The summed E-state index contributed by atoms with van der Waals surface area (Å²) in [5.41, 5.74) is 0.143. The van der Waals surface area contributed by atoms with Crippen LogP contribution in [0.3, 0.4) is 0 Å². The topological polar surface area (TPSA) is 127 Å². The third-order valence-corrected chi connectivity index (χ3v) is 11.0. The first-order valence-corrected chi connectivity index (χ1v) is 13.7. The third kappa shape index (κ3) is 4.25. The van der Waals surface area contributed by atoms with Gasteiger partial charge < -0.3 is 19.6 Å². The monoisotopic (exact) mass is 470 g/mol. The zero-order chi connectivity index (χ0) is 23.5. The number of carboxylic acid groups (broad SMARTS) is 1. The van der Waals surface area contributed by atoms with Crippen molar-refractivity contribution in [3.05, 3.63) is 0 Å². The molecule has 0 aromatic rings. The van der Waals surface area contributed by atoms with Gasteiger partial charge in [0.1, 0.15) is 0 Å². The second-order valence-electron chi connectivity index (χ2n) is 11.8. The van der Waals surface area contributed by atoms with Crippen LogP contribution in [0, 0.1) is 46.3 Å². The van der Waals surface area contributed by atoms with Crippen LogP contribution < -0.4 is 5.11 Å². The highest BCUT2D eigenvalue weighted by Gasteiger charge is 2.63. The van der Waals surface area contributed by atoms with Crippen LogP contribution in [-0.4, -0.2) is 36.3 Å². The van der Waals surface area contributed by atoms with Gasteiger partial charge in [0, 0.05) is 5.97 Å². The Kier molecular flexibility index (Phi) is 6.49. The minimum atomic E-state index is -4.72. The summed E-state index contributed by atoms with van der Waals surface area (Å²) < 4.78 is 38.1. The Morgan fingerprint density at radius 1 is 1.09 bits per heavy atom. The summed E-state index contributed by atoms with van der Waals surface area (Å²) in [7, 11) is -4.72. The Balaban J connectivity index is 1.52. The molecule has 10 atom stereocenters. The minimum Gasteiger partial charge on any atom is -0.726 e. The summed E-state index contributed by atoms with van der Waals surface area (Å²) in [6.07, 6.45) is 6.58. The van der Waals surface area contributed by atoms with Crippen molar-refractivity contribution in [3.63, 3.8) is 0 Å². The molecule has 4 aliphatic rings. The molecule has 1 N–H and O–H groups in total. The molecule has 32 heavy (non-hydrogen) atoms. The first kappa shape index (κ1) is 24.4.